The lowest BCUT2D eigenvalue weighted by atomic mass is 10.2. The molecule has 7 nitrogen and oxygen atoms in total. The Balaban J connectivity index is 1.65. The molecule has 0 aliphatic rings. The Labute approximate surface area is 155 Å². The van der Waals surface area contributed by atoms with Crippen molar-refractivity contribution < 1.29 is 14.3 Å². The maximum Gasteiger partial charge on any atom is 0.255 e. The summed E-state index contributed by atoms with van der Waals surface area (Å²) in [5.41, 5.74) is 1.92. The molecular formula is C18H17ClN4O3. The van der Waals surface area contributed by atoms with Gasteiger partial charge in [-0.2, -0.15) is 5.10 Å². The van der Waals surface area contributed by atoms with Crippen LogP contribution in [0.1, 0.15) is 10.4 Å². The van der Waals surface area contributed by atoms with Crippen molar-refractivity contribution in [1.82, 2.24) is 14.8 Å². The fraction of sp³-hybridized carbons (Fsp3) is 0.167. The summed E-state index contributed by atoms with van der Waals surface area (Å²) in [7, 11) is 1.60. The molecule has 3 rings (SSSR count). The number of nitrogens with zero attached hydrogens (tertiary/aromatic N) is 3. The lowest BCUT2D eigenvalue weighted by molar-refractivity contribution is 0.102. The zero-order chi connectivity index (χ0) is 18.4. The molecule has 3 aromatic rings. The minimum atomic E-state index is -0.237. The van der Waals surface area contributed by atoms with Crippen LogP contribution in [-0.4, -0.2) is 41.0 Å². The maximum atomic E-state index is 12.4. The topological polar surface area (TPSA) is 78.3 Å². The van der Waals surface area contributed by atoms with Crippen LogP contribution in [0.4, 0.5) is 5.69 Å². The normalized spacial score (nSPS) is 10.5. The first kappa shape index (κ1) is 17.9. The van der Waals surface area contributed by atoms with E-state index in [9.17, 15) is 4.79 Å². The molecule has 0 bridgehead atoms. The van der Waals surface area contributed by atoms with Crippen LogP contribution < -0.4 is 10.1 Å². The largest absolute Gasteiger partial charge is 0.490 e. The number of hydrogen-bond acceptors (Lipinski definition) is 5. The molecule has 0 unspecified atom stereocenters. The number of aromatic nitrogens is 3. The molecule has 0 saturated carbocycles. The van der Waals surface area contributed by atoms with E-state index in [2.05, 4.69) is 15.4 Å². The molecule has 0 radical (unpaired) electrons. The summed E-state index contributed by atoms with van der Waals surface area (Å²) in [6.45, 7) is 0.874. The molecule has 0 fully saturated rings. The first-order valence-corrected chi connectivity index (χ1v) is 8.23. The van der Waals surface area contributed by atoms with E-state index in [0.717, 1.165) is 5.69 Å². The maximum absolute atomic E-state index is 12.4. The van der Waals surface area contributed by atoms with Crippen molar-refractivity contribution in [3.8, 4) is 11.4 Å². The summed E-state index contributed by atoms with van der Waals surface area (Å²) in [4.78, 5) is 16.3. The fourth-order valence-corrected chi connectivity index (χ4v) is 2.48. The summed E-state index contributed by atoms with van der Waals surface area (Å²) in [6.07, 6.45) is 3.04. The van der Waals surface area contributed by atoms with Gasteiger partial charge >= 0.3 is 0 Å². The van der Waals surface area contributed by atoms with Gasteiger partial charge in [-0.3, -0.25) is 4.79 Å². The number of anilines is 1. The smallest absolute Gasteiger partial charge is 0.255 e. The van der Waals surface area contributed by atoms with Crippen molar-refractivity contribution in [2.75, 3.05) is 25.6 Å². The van der Waals surface area contributed by atoms with Crippen LogP contribution in [0.25, 0.3) is 5.69 Å². The zero-order valence-electron chi connectivity index (χ0n) is 14.1. The highest BCUT2D eigenvalue weighted by Gasteiger charge is 2.09. The van der Waals surface area contributed by atoms with Gasteiger partial charge < -0.3 is 14.8 Å². The average Bonchev–Trinajstić information content (AvgIpc) is 3.18. The number of methoxy groups -OCH3 is 1. The number of halogens is 1. The molecule has 1 aromatic heterocycles. The van der Waals surface area contributed by atoms with Gasteiger partial charge in [0, 0.05) is 18.4 Å². The van der Waals surface area contributed by atoms with Gasteiger partial charge in [-0.25, -0.2) is 9.67 Å². The Morgan fingerprint density at radius 3 is 2.65 bits per heavy atom. The number of benzene rings is 2. The van der Waals surface area contributed by atoms with Gasteiger partial charge in [0.15, 0.2) is 0 Å². The van der Waals surface area contributed by atoms with Crippen LogP contribution >= 0.6 is 11.6 Å². The molecule has 0 aliphatic carbocycles. The Bertz CT molecular complexity index is 867. The van der Waals surface area contributed by atoms with Crippen molar-refractivity contribution in [3.05, 3.63) is 65.7 Å². The average molecular weight is 373 g/mol. The van der Waals surface area contributed by atoms with E-state index >= 15 is 0 Å². The van der Waals surface area contributed by atoms with Gasteiger partial charge in [0.2, 0.25) is 0 Å². The second kappa shape index (κ2) is 8.46. The number of carbonyl (C=O) groups excluding carboxylic acids is 1. The summed E-state index contributed by atoms with van der Waals surface area (Å²) in [5, 5.41) is 7.27. The van der Waals surface area contributed by atoms with Crippen molar-refractivity contribution >= 4 is 23.2 Å². The molecule has 1 heterocycles. The van der Waals surface area contributed by atoms with E-state index in [4.69, 9.17) is 21.1 Å². The molecule has 1 N–H and O–H groups in total. The minimum absolute atomic E-state index is 0.237. The lowest BCUT2D eigenvalue weighted by Gasteiger charge is -2.10. The van der Waals surface area contributed by atoms with E-state index in [0.29, 0.717) is 35.2 Å². The van der Waals surface area contributed by atoms with E-state index in [1.807, 2.05) is 0 Å². The number of nitrogens with one attached hydrogen (secondary N) is 1. The molecule has 0 aliphatic heterocycles. The number of hydrogen-bond donors (Lipinski definition) is 1. The third-order valence-corrected chi connectivity index (χ3v) is 3.84. The van der Waals surface area contributed by atoms with Crippen molar-refractivity contribution in [1.29, 1.82) is 0 Å². The first-order chi connectivity index (χ1) is 12.7. The Morgan fingerprint density at radius 1 is 1.19 bits per heavy atom. The van der Waals surface area contributed by atoms with Crippen LogP contribution in [0.3, 0.4) is 0 Å². The van der Waals surface area contributed by atoms with Gasteiger partial charge in [-0.15, -0.1) is 0 Å². The standard InChI is InChI=1S/C18H17ClN4O3/c1-25-8-9-26-17-7-4-14(10-16(17)19)22-18(24)13-2-5-15(6-3-13)23-12-20-11-21-23/h2-7,10-12H,8-9H2,1H3,(H,22,24). The number of rotatable bonds is 7. The van der Waals surface area contributed by atoms with Gasteiger partial charge in [0.1, 0.15) is 25.0 Å². The van der Waals surface area contributed by atoms with Crippen LogP contribution in [-0.2, 0) is 4.74 Å². The second-order valence-corrected chi connectivity index (χ2v) is 5.73. The number of amides is 1. The molecule has 8 heteroatoms. The molecule has 2 aromatic carbocycles. The summed E-state index contributed by atoms with van der Waals surface area (Å²) < 4.78 is 12.0. The minimum Gasteiger partial charge on any atom is -0.490 e. The summed E-state index contributed by atoms with van der Waals surface area (Å²) >= 11 is 6.18. The van der Waals surface area contributed by atoms with E-state index < -0.39 is 0 Å². The second-order valence-electron chi connectivity index (χ2n) is 5.33. The number of ether oxygens (including phenoxy) is 2. The Kier molecular flexibility index (Phi) is 5.83. The predicted octanol–water partition coefficient (Wildman–Crippen LogP) is 3.20. The molecule has 26 heavy (non-hydrogen) atoms. The number of carbonyl (C=O) groups is 1. The van der Waals surface area contributed by atoms with E-state index in [1.165, 1.54) is 6.33 Å². The molecule has 0 spiro atoms. The van der Waals surface area contributed by atoms with Crippen molar-refractivity contribution in [2.45, 2.75) is 0 Å². The molecule has 1 amide bonds. The Morgan fingerprint density at radius 2 is 2.00 bits per heavy atom. The van der Waals surface area contributed by atoms with Crippen LogP contribution in [0.5, 0.6) is 5.75 Å². The van der Waals surface area contributed by atoms with Crippen molar-refractivity contribution in [2.24, 2.45) is 0 Å². The van der Waals surface area contributed by atoms with Crippen LogP contribution in [0.15, 0.2) is 55.1 Å². The van der Waals surface area contributed by atoms with Crippen LogP contribution in [0, 0.1) is 0 Å². The van der Waals surface area contributed by atoms with Crippen molar-refractivity contribution in [3.63, 3.8) is 0 Å². The molecule has 0 atom stereocenters. The highest BCUT2D eigenvalue weighted by Crippen LogP contribution is 2.28. The highest BCUT2D eigenvalue weighted by molar-refractivity contribution is 6.32. The SMILES string of the molecule is COCCOc1ccc(NC(=O)c2ccc(-n3cncn3)cc2)cc1Cl. The summed E-state index contributed by atoms with van der Waals surface area (Å²) in [6, 6.07) is 12.1. The molecule has 0 saturated heterocycles. The zero-order valence-corrected chi connectivity index (χ0v) is 14.8. The first-order valence-electron chi connectivity index (χ1n) is 7.85. The third kappa shape index (κ3) is 4.38. The lowest BCUT2D eigenvalue weighted by Crippen LogP contribution is -2.12. The Hall–Kier alpha value is -2.90. The van der Waals surface area contributed by atoms with Gasteiger partial charge in [0.25, 0.3) is 5.91 Å². The highest BCUT2D eigenvalue weighted by atomic mass is 35.5. The van der Waals surface area contributed by atoms with E-state index in [1.54, 1.807) is 60.6 Å². The van der Waals surface area contributed by atoms with Gasteiger partial charge in [0.05, 0.1) is 17.3 Å². The van der Waals surface area contributed by atoms with E-state index in [-0.39, 0.29) is 5.91 Å². The fourth-order valence-electron chi connectivity index (χ4n) is 2.24. The predicted molar refractivity (Wildman–Crippen MR) is 98.1 cm³/mol. The molecule has 134 valence electrons. The van der Waals surface area contributed by atoms with Gasteiger partial charge in [-0.05, 0) is 42.5 Å². The van der Waals surface area contributed by atoms with Crippen LogP contribution in [0.2, 0.25) is 5.02 Å². The third-order valence-electron chi connectivity index (χ3n) is 3.55. The van der Waals surface area contributed by atoms with Gasteiger partial charge in [-0.1, -0.05) is 11.6 Å². The quantitative estimate of drug-likeness (QED) is 0.644. The summed E-state index contributed by atoms with van der Waals surface area (Å²) in [5.74, 6) is 0.304. The monoisotopic (exact) mass is 372 g/mol. The molecular weight excluding hydrogens is 356 g/mol.